The number of benzene rings is 1. The zero-order chi connectivity index (χ0) is 21.5. The van der Waals surface area contributed by atoms with E-state index in [9.17, 15) is 0 Å². The molecule has 0 amide bonds. The van der Waals surface area contributed by atoms with Gasteiger partial charge in [0.15, 0.2) is 0 Å². The molecular formula is C30H46. The molecule has 4 aliphatic rings. The Morgan fingerprint density at radius 3 is 2.33 bits per heavy atom. The van der Waals surface area contributed by atoms with E-state index in [1.54, 1.807) is 5.56 Å². The summed E-state index contributed by atoms with van der Waals surface area (Å²) in [6.07, 6.45) is 14.4. The highest BCUT2D eigenvalue weighted by molar-refractivity contribution is 5.27. The molecule has 0 bridgehead atoms. The molecular weight excluding hydrogens is 360 g/mol. The zero-order valence-electron chi connectivity index (χ0n) is 20.6. The molecule has 0 heteroatoms. The summed E-state index contributed by atoms with van der Waals surface area (Å²) in [5, 5.41) is 0. The smallest absolute Gasteiger partial charge is 0.00851 e. The van der Waals surface area contributed by atoms with Crippen LogP contribution >= 0.6 is 0 Å². The van der Waals surface area contributed by atoms with E-state index in [1.165, 1.54) is 56.9 Å². The van der Waals surface area contributed by atoms with Gasteiger partial charge < -0.3 is 0 Å². The molecule has 0 N–H and O–H groups in total. The Bertz CT molecular complexity index is 740. The first-order valence-corrected chi connectivity index (χ1v) is 13.2. The minimum absolute atomic E-state index is 0.543. The van der Waals surface area contributed by atoms with Crippen LogP contribution in [0.15, 0.2) is 35.9 Å². The number of hydrogen-bond acceptors (Lipinski definition) is 0. The van der Waals surface area contributed by atoms with Crippen LogP contribution in [0.3, 0.4) is 0 Å². The second-order valence-electron chi connectivity index (χ2n) is 11.3. The first-order valence-electron chi connectivity index (χ1n) is 13.2. The van der Waals surface area contributed by atoms with E-state index >= 15 is 0 Å². The van der Waals surface area contributed by atoms with Crippen LogP contribution in [0.5, 0.6) is 0 Å². The third-order valence-electron chi connectivity index (χ3n) is 9.97. The summed E-state index contributed by atoms with van der Waals surface area (Å²) in [4.78, 5) is 0. The van der Waals surface area contributed by atoms with Gasteiger partial charge in [-0.3, -0.25) is 0 Å². The monoisotopic (exact) mass is 406 g/mol. The van der Waals surface area contributed by atoms with Crippen molar-refractivity contribution in [1.82, 2.24) is 0 Å². The van der Waals surface area contributed by atoms with E-state index in [2.05, 4.69) is 58.0 Å². The maximum atomic E-state index is 2.73. The molecule has 3 saturated carbocycles. The molecule has 166 valence electrons. The maximum Gasteiger partial charge on any atom is -0.00851 e. The van der Waals surface area contributed by atoms with E-state index in [4.69, 9.17) is 0 Å². The summed E-state index contributed by atoms with van der Waals surface area (Å²) in [5.41, 5.74) is 5.37. The zero-order valence-corrected chi connectivity index (χ0v) is 20.6. The van der Waals surface area contributed by atoms with E-state index in [-0.39, 0.29) is 0 Å². The average Bonchev–Trinajstić information content (AvgIpc) is 3.20. The van der Waals surface area contributed by atoms with Crippen molar-refractivity contribution in [2.24, 2.45) is 40.9 Å². The lowest BCUT2D eigenvalue weighted by molar-refractivity contribution is -0.000569. The highest BCUT2D eigenvalue weighted by Crippen LogP contribution is 2.63. The Balaban J connectivity index is 0.00000106. The van der Waals surface area contributed by atoms with Gasteiger partial charge in [0, 0.05) is 0 Å². The molecule has 8 atom stereocenters. The molecule has 0 heterocycles. The predicted molar refractivity (Wildman–Crippen MR) is 131 cm³/mol. The molecule has 8 unspecified atom stereocenters. The van der Waals surface area contributed by atoms with Crippen molar-refractivity contribution in [2.75, 3.05) is 0 Å². The lowest BCUT2D eigenvalue weighted by Crippen LogP contribution is -2.47. The van der Waals surface area contributed by atoms with Gasteiger partial charge in [0.2, 0.25) is 0 Å². The van der Waals surface area contributed by atoms with Gasteiger partial charge in [-0.1, -0.05) is 76.1 Å². The predicted octanol–water partition coefficient (Wildman–Crippen LogP) is 8.95. The minimum Gasteiger partial charge on any atom is -0.0845 e. The number of aryl methyl sites for hydroxylation is 1. The number of allylic oxidation sites excluding steroid dienone is 2. The van der Waals surface area contributed by atoms with Gasteiger partial charge in [-0.25, -0.2) is 0 Å². The maximum absolute atomic E-state index is 2.73. The Morgan fingerprint density at radius 1 is 0.900 bits per heavy atom. The Morgan fingerprint density at radius 2 is 1.60 bits per heavy atom. The molecule has 0 radical (unpaired) electrons. The third-order valence-corrected chi connectivity index (χ3v) is 9.97. The van der Waals surface area contributed by atoms with Crippen LogP contribution in [0.2, 0.25) is 0 Å². The second-order valence-corrected chi connectivity index (χ2v) is 11.3. The van der Waals surface area contributed by atoms with Crippen molar-refractivity contribution >= 4 is 0 Å². The average molecular weight is 407 g/mol. The van der Waals surface area contributed by atoms with Gasteiger partial charge in [0.25, 0.3) is 0 Å². The Labute approximate surface area is 186 Å². The molecule has 4 aliphatic carbocycles. The highest BCUT2D eigenvalue weighted by Gasteiger charge is 2.54. The summed E-state index contributed by atoms with van der Waals surface area (Å²) in [5.74, 6) is 6.51. The van der Waals surface area contributed by atoms with Crippen LogP contribution < -0.4 is 0 Å². The lowest BCUT2D eigenvalue weighted by Gasteiger charge is -2.55. The summed E-state index contributed by atoms with van der Waals surface area (Å²) in [6.45, 7) is 13.9. The van der Waals surface area contributed by atoms with Crippen LogP contribution in [-0.4, -0.2) is 0 Å². The molecule has 1 aromatic carbocycles. The Kier molecular flexibility index (Phi) is 6.53. The third kappa shape index (κ3) is 3.71. The molecule has 0 aliphatic heterocycles. The summed E-state index contributed by atoms with van der Waals surface area (Å²) in [6, 6.07) is 9.43. The fraction of sp³-hybridized carbons (Fsp3) is 0.733. The first kappa shape index (κ1) is 22.2. The van der Waals surface area contributed by atoms with Crippen molar-refractivity contribution < 1.29 is 0 Å². The quantitative estimate of drug-likeness (QED) is 0.430. The summed E-state index contributed by atoms with van der Waals surface area (Å²) in [7, 11) is 0. The summed E-state index contributed by atoms with van der Waals surface area (Å²) < 4.78 is 0. The van der Waals surface area contributed by atoms with Crippen molar-refractivity contribution in [3.05, 3.63) is 47.0 Å². The van der Waals surface area contributed by atoms with E-state index in [0.717, 1.165) is 41.4 Å². The molecule has 1 aromatic rings. The van der Waals surface area contributed by atoms with E-state index in [0.29, 0.717) is 5.41 Å². The number of hydrogen-bond donors (Lipinski definition) is 0. The Hall–Kier alpha value is -1.04. The highest BCUT2D eigenvalue weighted by atomic mass is 14.6. The largest absolute Gasteiger partial charge is 0.0845 e. The van der Waals surface area contributed by atoms with Crippen molar-refractivity contribution in [3.63, 3.8) is 0 Å². The van der Waals surface area contributed by atoms with E-state index in [1.807, 2.05) is 19.4 Å². The number of rotatable bonds is 2. The standard InChI is InChI=1S/C28H40.C2H6/c1-18-5-7-21(8-6-18)20(3)23-11-12-25-24(23)13-14-27-26(25)10-9-22-17-19(2)15-16-28(22,27)4;1-2/h5-9,19-20,23-27H,10-17H2,1-4H3;1-2H3. The number of fused-ring (bicyclic) bond motifs is 5. The van der Waals surface area contributed by atoms with Gasteiger partial charge in [0.05, 0.1) is 0 Å². The first-order chi connectivity index (χ1) is 14.5. The molecule has 0 saturated heterocycles. The fourth-order valence-electron chi connectivity index (χ4n) is 8.28. The molecule has 3 fully saturated rings. The summed E-state index contributed by atoms with van der Waals surface area (Å²) >= 11 is 0. The van der Waals surface area contributed by atoms with Crippen molar-refractivity contribution in [2.45, 2.75) is 98.8 Å². The minimum atomic E-state index is 0.543. The van der Waals surface area contributed by atoms with Crippen LogP contribution in [0.25, 0.3) is 0 Å². The topological polar surface area (TPSA) is 0 Å². The van der Waals surface area contributed by atoms with Crippen LogP contribution in [-0.2, 0) is 0 Å². The van der Waals surface area contributed by atoms with Gasteiger partial charge >= 0.3 is 0 Å². The van der Waals surface area contributed by atoms with Gasteiger partial charge in [-0.05, 0) is 111 Å². The van der Waals surface area contributed by atoms with E-state index < -0.39 is 0 Å². The second kappa shape index (κ2) is 8.84. The SMILES string of the molecule is CC.Cc1ccc(C(C)C2CCC3C2CCC2C3CC=C3CC(C)CCC32C)cc1. The van der Waals surface area contributed by atoms with Crippen LogP contribution in [0, 0.1) is 47.8 Å². The normalized spacial score (nSPS) is 40.8. The van der Waals surface area contributed by atoms with Gasteiger partial charge in [0.1, 0.15) is 0 Å². The fourth-order valence-corrected chi connectivity index (χ4v) is 8.28. The van der Waals surface area contributed by atoms with Gasteiger partial charge in [-0.15, -0.1) is 0 Å². The van der Waals surface area contributed by atoms with Crippen molar-refractivity contribution in [1.29, 1.82) is 0 Å². The molecule has 0 spiro atoms. The van der Waals surface area contributed by atoms with Crippen LogP contribution in [0.4, 0.5) is 0 Å². The van der Waals surface area contributed by atoms with Crippen molar-refractivity contribution in [3.8, 4) is 0 Å². The molecule has 5 rings (SSSR count). The van der Waals surface area contributed by atoms with Gasteiger partial charge in [-0.2, -0.15) is 0 Å². The molecule has 0 nitrogen and oxygen atoms in total. The van der Waals surface area contributed by atoms with Crippen LogP contribution in [0.1, 0.15) is 103 Å². The molecule has 0 aromatic heterocycles. The molecule has 30 heavy (non-hydrogen) atoms. The lowest BCUT2D eigenvalue weighted by atomic mass is 9.49.